The third-order valence-electron chi connectivity index (χ3n) is 3.88. The van der Waals surface area contributed by atoms with Crippen molar-refractivity contribution < 1.29 is 4.39 Å². The fraction of sp³-hybridized carbons (Fsp3) is 0.600. The molecular formula is C15H21BrFN. The van der Waals surface area contributed by atoms with Crippen LogP contribution < -0.4 is 4.90 Å². The molecule has 0 saturated carbocycles. The van der Waals surface area contributed by atoms with Gasteiger partial charge >= 0.3 is 0 Å². The van der Waals surface area contributed by atoms with Gasteiger partial charge in [0.25, 0.3) is 0 Å². The van der Waals surface area contributed by atoms with E-state index in [4.69, 9.17) is 0 Å². The molecule has 100 valence electrons. The molecule has 1 aliphatic rings. The lowest BCUT2D eigenvalue weighted by atomic mass is 9.72. The van der Waals surface area contributed by atoms with E-state index in [1.54, 1.807) is 6.07 Å². The van der Waals surface area contributed by atoms with Crippen LogP contribution in [0.1, 0.15) is 39.5 Å². The van der Waals surface area contributed by atoms with Gasteiger partial charge in [-0.2, -0.15) is 0 Å². The molecule has 0 unspecified atom stereocenters. The van der Waals surface area contributed by atoms with Crippen LogP contribution >= 0.6 is 15.9 Å². The summed E-state index contributed by atoms with van der Waals surface area (Å²) < 4.78 is 13.8. The van der Waals surface area contributed by atoms with Crippen molar-refractivity contribution in [1.82, 2.24) is 0 Å². The molecule has 1 aromatic carbocycles. The van der Waals surface area contributed by atoms with Gasteiger partial charge in [0, 0.05) is 24.2 Å². The molecule has 0 amide bonds. The maximum atomic E-state index is 13.2. The maximum absolute atomic E-state index is 13.2. The minimum Gasteiger partial charge on any atom is -0.370 e. The van der Waals surface area contributed by atoms with Gasteiger partial charge < -0.3 is 4.90 Å². The highest BCUT2D eigenvalue weighted by atomic mass is 79.9. The van der Waals surface area contributed by atoms with Gasteiger partial charge in [-0.05, 0) is 47.0 Å². The first-order chi connectivity index (χ1) is 8.60. The van der Waals surface area contributed by atoms with E-state index in [0.717, 1.165) is 18.8 Å². The zero-order chi connectivity index (χ0) is 13.2. The van der Waals surface area contributed by atoms with Crippen LogP contribution in [0.25, 0.3) is 0 Å². The Morgan fingerprint density at radius 3 is 2.33 bits per heavy atom. The SMILES string of the molecule is CCCC1(CCC)CN(c2ccc(F)c(Br)c2)C1. The number of rotatable bonds is 5. The molecule has 1 saturated heterocycles. The summed E-state index contributed by atoms with van der Waals surface area (Å²) in [4.78, 5) is 2.36. The summed E-state index contributed by atoms with van der Waals surface area (Å²) in [6.45, 7) is 6.75. The van der Waals surface area contributed by atoms with Crippen molar-refractivity contribution in [2.75, 3.05) is 18.0 Å². The Morgan fingerprint density at radius 1 is 1.22 bits per heavy atom. The Balaban J connectivity index is 2.04. The average molecular weight is 314 g/mol. The van der Waals surface area contributed by atoms with Crippen molar-refractivity contribution in [3.63, 3.8) is 0 Å². The molecule has 1 fully saturated rings. The standard InChI is InChI=1S/C15H21BrFN/c1-3-7-15(8-4-2)10-18(11-15)12-5-6-14(17)13(16)9-12/h5-6,9H,3-4,7-8,10-11H2,1-2H3. The van der Waals surface area contributed by atoms with Crippen molar-refractivity contribution in [3.05, 3.63) is 28.5 Å². The van der Waals surface area contributed by atoms with E-state index in [9.17, 15) is 4.39 Å². The van der Waals surface area contributed by atoms with E-state index < -0.39 is 0 Å². The third kappa shape index (κ3) is 2.71. The fourth-order valence-electron chi connectivity index (χ4n) is 3.13. The van der Waals surface area contributed by atoms with Gasteiger partial charge in [-0.1, -0.05) is 26.7 Å². The molecule has 0 bridgehead atoms. The van der Waals surface area contributed by atoms with Gasteiger partial charge in [0.05, 0.1) is 4.47 Å². The summed E-state index contributed by atoms with van der Waals surface area (Å²) in [5.74, 6) is -0.187. The topological polar surface area (TPSA) is 3.24 Å². The third-order valence-corrected chi connectivity index (χ3v) is 4.49. The monoisotopic (exact) mass is 313 g/mol. The van der Waals surface area contributed by atoms with Gasteiger partial charge in [0.1, 0.15) is 5.82 Å². The van der Waals surface area contributed by atoms with Gasteiger partial charge in [0.2, 0.25) is 0 Å². The van der Waals surface area contributed by atoms with Crippen LogP contribution in [0.5, 0.6) is 0 Å². The molecule has 1 aromatic rings. The van der Waals surface area contributed by atoms with Crippen LogP contribution in [0, 0.1) is 11.2 Å². The molecule has 0 spiro atoms. The molecule has 0 radical (unpaired) electrons. The zero-order valence-corrected chi connectivity index (χ0v) is 12.8. The minimum absolute atomic E-state index is 0.187. The van der Waals surface area contributed by atoms with Gasteiger partial charge in [-0.15, -0.1) is 0 Å². The predicted molar refractivity (Wildman–Crippen MR) is 78.6 cm³/mol. The first-order valence-corrected chi connectivity index (χ1v) is 7.59. The molecule has 3 heteroatoms. The highest BCUT2D eigenvalue weighted by Crippen LogP contribution is 2.42. The lowest BCUT2D eigenvalue weighted by Crippen LogP contribution is -2.56. The lowest BCUT2D eigenvalue weighted by Gasteiger charge is -2.52. The van der Waals surface area contributed by atoms with Crippen LogP contribution in [0.15, 0.2) is 22.7 Å². The second-order valence-corrected chi connectivity index (χ2v) is 6.31. The minimum atomic E-state index is -0.187. The van der Waals surface area contributed by atoms with Crippen molar-refractivity contribution >= 4 is 21.6 Å². The Kier molecular flexibility index (Phi) is 4.31. The van der Waals surface area contributed by atoms with Crippen LogP contribution in [0.3, 0.4) is 0 Å². The summed E-state index contributed by atoms with van der Waals surface area (Å²) in [6.07, 6.45) is 5.11. The van der Waals surface area contributed by atoms with Crippen LogP contribution in [-0.4, -0.2) is 13.1 Å². The molecule has 1 aliphatic heterocycles. The number of anilines is 1. The van der Waals surface area contributed by atoms with Gasteiger partial charge in [0.15, 0.2) is 0 Å². The lowest BCUT2D eigenvalue weighted by molar-refractivity contribution is 0.173. The number of hydrogen-bond donors (Lipinski definition) is 0. The molecular weight excluding hydrogens is 293 g/mol. The quantitative estimate of drug-likeness (QED) is 0.739. The molecule has 0 atom stereocenters. The summed E-state index contributed by atoms with van der Waals surface area (Å²) in [6, 6.07) is 5.30. The zero-order valence-electron chi connectivity index (χ0n) is 11.2. The van der Waals surface area contributed by atoms with E-state index in [1.807, 2.05) is 12.1 Å². The number of benzene rings is 1. The molecule has 1 nitrogen and oxygen atoms in total. The predicted octanol–water partition coefficient (Wildman–Crippen LogP) is 4.99. The fourth-order valence-corrected chi connectivity index (χ4v) is 3.50. The molecule has 18 heavy (non-hydrogen) atoms. The van der Waals surface area contributed by atoms with Crippen molar-refractivity contribution in [2.45, 2.75) is 39.5 Å². The van der Waals surface area contributed by atoms with Crippen molar-refractivity contribution in [2.24, 2.45) is 5.41 Å². The Hall–Kier alpha value is -0.570. The molecule has 1 heterocycles. The highest BCUT2D eigenvalue weighted by molar-refractivity contribution is 9.10. The maximum Gasteiger partial charge on any atom is 0.137 e. The summed E-state index contributed by atoms with van der Waals surface area (Å²) in [7, 11) is 0. The molecule has 0 N–H and O–H groups in total. The molecule has 2 rings (SSSR count). The Labute approximate surface area is 118 Å². The highest BCUT2D eigenvalue weighted by Gasteiger charge is 2.41. The molecule has 0 aromatic heterocycles. The van der Waals surface area contributed by atoms with E-state index >= 15 is 0 Å². The van der Waals surface area contributed by atoms with E-state index in [0.29, 0.717) is 9.89 Å². The first kappa shape index (κ1) is 13.9. The Morgan fingerprint density at radius 2 is 1.83 bits per heavy atom. The Bertz CT molecular complexity index is 405. The summed E-state index contributed by atoms with van der Waals surface area (Å²) >= 11 is 3.26. The number of hydrogen-bond acceptors (Lipinski definition) is 1. The first-order valence-electron chi connectivity index (χ1n) is 6.80. The molecule has 0 aliphatic carbocycles. The summed E-state index contributed by atoms with van der Waals surface area (Å²) in [5.41, 5.74) is 1.63. The van der Waals surface area contributed by atoms with Gasteiger partial charge in [-0.25, -0.2) is 4.39 Å². The van der Waals surface area contributed by atoms with Crippen molar-refractivity contribution in [1.29, 1.82) is 0 Å². The second-order valence-electron chi connectivity index (χ2n) is 5.45. The largest absolute Gasteiger partial charge is 0.370 e. The van der Waals surface area contributed by atoms with E-state index in [2.05, 4.69) is 34.7 Å². The smallest absolute Gasteiger partial charge is 0.137 e. The normalized spacial score (nSPS) is 17.7. The number of halogens is 2. The number of nitrogens with zero attached hydrogens (tertiary/aromatic N) is 1. The van der Waals surface area contributed by atoms with E-state index in [1.165, 1.54) is 25.7 Å². The van der Waals surface area contributed by atoms with Crippen molar-refractivity contribution in [3.8, 4) is 0 Å². The van der Waals surface area contributed by atoms with Crippen LogP contribution in [0.4, 0.5) is 10.1 Å². The van der Waals surface area contributed by atoms with E-state index in [-0.39, 0.29) is 5.82 Å². The van der Waals surface area contributed by atoms with Crippen LogP contribution in [0.2, 0.25) is 0 Å². The summed E-state index contributed by atoms with van der Waals surface area (Å²) in [5, 5.41) is 0. The second kappa shape index (κ2) is 5.60. The average Bonchev–Trinajstić information content (AvgIpc) is 2.29. The van der Waals surface area contributed by atoms with Crippen LogP contribution in [-0.2, 0) is 0 Å². The van der Waals surface area contributed by atoms with Gasteiger partial charge in [-0.3, -0.25) is 0 Å².